The Morgan fingerprint density at radius 1 is 1.25 bits per heavy atom. The van der Waals surface area contributed by atoms with Gasteiger partial charge in [-0.25, -0.2) is 0 Å². The maximum atomic E-state index is 9.54. The molecule has 1 heterocycles. The van der Waals surface area contributed by atoms with Crippen molar-refractivity contribution < 1.29 is 5.11 Å². The van der Waals surface area contributed by atoms with Crippen molar-refractivity contribution >= 4 is 34.5 Å². The van der Waals surface area contributed by atoms with Crippen molar-refractivity contribution in [3.05, 3.63) is 56.2 Å². The molecule has 0 aliphatic rings. The van der Waals surface area contributed by atoms with Crippen LogP contribution in [0.25, 0.3) is 0 Å². The fourth-order valence-corrected chi connectivity index (χ4v) is 3.81. The van der Waals surface area contributed by atoms with Crippen LogP contribution in [0.15, 0.2) is 36.4 Å². The zero-order valence-electron chi connectivity index (χ0n) is 11.1. The molecule has 0 radical (unpaired) electrons. The molecule has 2 atom stereocenters. The van der Waals surface area contributed by atoms with E-state index >= 15 is 0 Å². The van der Waals surface area contributed by atoms with E-state index in [9.17, 15) is 5.11 Å². The average molecular weight is 330 g/mol. The van der Waals surface area contributed by atoms with Gasteiger partial charge in [0.1, 0.15) is 0 Å². The number of rotatable bonds is 6. The molecule has 0 saturated carbocycles. The summed E-state index contributed by atoms with van der Waals surface area (Å²) in [5, 5.41) is 12.9. The molecule has 2 aromatic rings. The fraction of sp³-hybridized carbons (Fsp3) is 0.333. The van der Waals surface area contributed by atoms with Crippen LogP contribution in [0.1, 0.15) is 24.1 Å². The normalized spacial score (nSPS) is 14.2. The Kier molecular flexibility index (Phi) is 5.87. The van der Waals surface area contributed by atoms with Crippen LogP contribution in [0.4, 0.5) is 0 Å². The van der Waals surface area contributed by atoms with E-state index < -0.39 is 0 Å². The highest BCUT2D eigenvalue weighted by molar-refractivity contribution is 7.20. The summed E-state index contributed by atoms with van der Waals surface area (Å²) in [7, 11) is 0. The third-order valence-electron chi connectivity index (χ3n) is 3.18. The molecule has 5 heteroatoms. The summed E-state index contributed by atoms with van der Waals surface area (Å²) in [4.78, 5) is 0. The molecule has 1 aromatic carbocycles. The molecule has 2 N–H and O–H groups in total. The minimum atomic E-state index is -0.0119. The van der Waals surface area contributed by atoms with Crippen molar-refractivity contribution in [1.82, 2.24) is 5.32 Å². The van der Waals surface area contributed by atoms with Crippen LogP contribution in [-0.4, -0.2) is 17.8 Å². The summed E-state index contributed by atoms with van der Waals surface area (Å²) < 4.78 is 1.38. The van der Waals surface area contributed by atoms with Gasteiger partial charge in [-0.3, -0.25) is 0 Å². The first-order chi connectivity index (χ1) is 9.60. The standard InChI is InChI=1S/C15H17Cl2NOS/c1-10(13-8-14(16)20-15(13)17)18-12(9-19)7-11-5-3-2-4-6-11/h2-6,8,10,12,18-19H,7,9H2,1H3. The minimum absolute atomic E-state index is 0.0119. The molecule has 0 saturated heterocycles. The van der Waals surface area contributed by atoms with Crippen molar-refractivity contribution in [2.45, 2.75) is 25.4 Å². The molecular weight excluding hydrogens is 313 g/mol. The van der Waals surface area contributed by atoms with Gasteiger partial charge < -0.3 is 10.4 Å². The van der Waals surface area contributed by atoms with Crippen LogP contribution in [0.2, 0.25) is 8.67 Å². The van der Waals surface area contributed by atoms with Gasteiger partial charge in [-0.2, -0.15) is 0 Å². The van der Waals surface area contributed by atoms with Crippen molar-refractivity contribution in [3.8, 4) is 0 Å². The zero-order valence-corrected chi connectivity index (χ0v) is 13.5. The summed E-state index contributed by atoms with van der Waals surface area (Å²) in [5.41, 5.74) is 2.17. The lowest BCUT2D eigenvalue weighted by atomic mass is 10.0. The first-order valence-electron chi connectivity index (χ1n) is 6.45. The third-order valence-corrected chi connectivity index (χ3v) is 4.70. The van der Waals surface area contributed by atoms with Gasteiger partial charge in [0.2, 0.25) is 0 Å². The predicted molar refractivity (Wildman–Crippen MR) is 86.9 cm³/mol. The number of hydrogen-bond acceptors (Lipinski definition) is 3. The average Bonchev–Trinajstić information content (AvgIpc) is 2.78. The molecule has 0 amide bonds. The first-order valence-corrected chi connectivity index (χ1v) is 8.03. The van der Waals surface area contributed by atoms with Crippen LogP contribution < -0.4 is 5.32 Å². The van der Waals surface area contributed by atoms with Crippen molar-refractivity contribution in [1.29, 1.82) is 0 Å². The highest BCUT2D eigenvalue weighted by atomic mass is 35.5. The molecule has 0 aliphatic carbocycles. The molecule has 1 aromatic heterocycles. The Balaban J connectivity index is 2.01. The van der Waals surface area contributed by atoms with Crippen molar-refractivity contribution in [2.75, 3.05) is 6.61 Å². The lowest BCUT2D eigenvalue weighted by Crippen LogP contribution is -2.36. The van der Waals surface area contributed by atoms with Gasteiger partial charge in [0.05, 0.1) is 15.3 Å². The number of benzene rings is 1. The van der Waals surface area contributed by atoms with Gasteiger partial charge in [0.15, 0.2) is 0 Å². The maximum absolute atomic E-state index is 9.54. The lowest BCUT2D eigenvalue weighted by molar-refractivity contribution is 0.232. The second-order valence-corrected chi connectivity index (χ2v) is 7.02. The fourth-order valence-electron chi connectivity index (χ4n) is 2.17. The van der Waals surface area contributed by atoms with Crippen LogP contribution in [-0.2, 0) is 6.42 Å². The van der Waals surface area contributed by atoms with E-state index in [2.05, 4.69) is 17.4 Å². The molecule has 2 rings (SSSR count). The second kappa shape index (κ2) is 7.43. The number of aliphatic hydroxyl groups excluding tert-OH is 1. The van der Waals surface area contributed by atoms with E-state index in [-0.39, 0.29) is 18.7 Å². The number of hydrogen-bond donors (Lipinski definition) is 2. The van der Waals surface area contributed by atoms with Crippen molar-refractivity contribution in [3.63, 3.8) is 0 Å². The predicted octanol–water partition coefficient (Wildman–Crippen LogP) is 4.31. The van der Waals surface area contributed by atoms with Crippen LogP contribution in [0, 0.1) is 0 Å². The number of aliphatic hydroxyl groups is 1. The zero-order chi connectivity index (χ0) is 14.5. The van der Waals surface area contributed by atoms with Gasteiger partial charge >= 0.3 is 0 Å². The summed E-state index contributed by atoms with van der Waals surface area (Å²) in [6, 6.07) is 12.0. The molecule has 2 unspecified atom stereocenters. The molecule has 0 spiro atoms. The molecule has 0 aliphatic heterocycles. The van der Waals surface area contributed by atoms with Crippen molar-refractivity contribution in [2.24, 2.45) is 0 Å². The van der Waals surface area contributed by atoms with E-state index in [1.165, 1.54) is 16.9 Å². The third kappa shape index (κ3) is 4.21. The molecular formula is C15H17Cl2NOS. The Hall–Kier alpha value is -0.580. The number of nitrogens with one attached hydrogen (secondary N) is 1. The summed E-state index contributed by atoms with van der Waals surface area (Å²) in [6.45, 7) is 2.10. The Morgan fingerprint density at radius 2 is 1.95 bits per heavy atom. The SMILES string of the molecule is CC(NC(CO)Cc1ccccc1)c1cc(Cl)sc1Cl. The number of halogens is 2. The Morgan fingerprint density at radius 3 is 2.50 bits per heavy atom. The van der Waals surface area contributed by atoms with Crippen LogP contribution >= 0.6 is 34.5 Å². The smallest absolute Gasteiger partial charge is 0.0991 e. The van der Waals surface area contributed by atoms with Gasteiger partial charge in [-0.15, -0.1) is 11.3 Å². The molecule has 108 valence electrons. The summed E-state index contributed by atoms with van der Waals surface area (Å²) in [5.74, 6) is 0. The minimum Gasteiger partial charge on any atom is -0.395 e. The summed E-state index contributed by atoms with van der Waals surface area (Å²) >= 11 is 13.5. The Bertz CT molecular complexity index is 544. The van der Waals surface area contributed by atoms with E-state index in [1.807, 2.05) is 31.2 Å². The van der Waals surface area contributed by atoms with Gasteiger partial charge in [0.25, 0.3) is 0 Å². The molecule has 0 fully saturated rings. The molecule has 20 heavy (non-hydrogen) atoms. The maximum Gasteiger partial charge on any atom is 0.0991 e. The highest BCUT2D eigenvalue weighted by Gasteiger charge is 2.17. The largest absolute Gasteiger partial charge is 0.395 e. The van der Waals surface area contributed by atoms with Crippen LogP contribution in [0.3, 0.4) is 0 Å². The van der Waals surface area contributed by atoms with E-state index in [0.29, 0.717) is 8.67 Å². The van der Waals surface area contributed by atoms with Crippen LogP contribution in [0.5, 0.6) is 0 Å². The topological polar surface area (TPSA) is 32.3 Å². The second-order valence-electron chi connectivity index (χ2n) is 4.74. The monoisotopic (exact) mass is 329 g/mol. The highest BCUT2D eigenvalue weighted by Crippen LogP contribution is 2.35. The quantitative estimate of drug-likeness (QED) is 0.827. The van der Waals surface area contributed by atoms with Gasteiger partial charge in [0, 0.05) is 12.1 Å². The Labute approximate surface area is 133 Å². The lowest BCUT2D eigenvalue weighted by Gasteiger charge is -2.21. The molecule has 0 bridgehead atoms. The number of thiophene rings is 1. The van der Waals surface area contributed by atoms with E-state index in [0.717, 1.165) is 12.0 Å². The van der Waals surface area contributed by atoms with Gasteiger partial charge in [-0.05, 0) is 30.5 Å². The molecule has 2 nitrogen and oxygen atoms in total. The van der Waals surface area contributed by atoms with Gasteiger partial charge in [-0.1, -0.05) is 53.5 Å². The van der Waals surface area contributed by atoms with E-state index in [1.54, 1.807) is 0 Å². The first kappa shape index (κ1) is 15.8. The summed E-state index contributed by atoms with van der Waals surface area (Å²) in [6.07, 6.45) is 0.775. The van der Waals surface area contributed by atoms with E-state index in [4.69, 9.17) is 23.2 Å².